The quantitative estimate of drug-likeness (QED) is 0.707. The Hall–Kier alpha value is -1.39. The van der Waals surface area contributed by atoms with E-state index in [1.807, 2.05) is 29.0 Å². The molecular formula is C11H16N4. The molecule has 0 saturated carbocycles. The first-order chi connectivity index (χ1) is 7.42. The van der Waals surface area contributed by atoms with E-state index in [4.69, 9.17) is 5.73 Å². The van der Waals surface area contributed by atoms with Crippen LogP contribution in [0.1, 0.15) is 12.0 Å². The van der Waals surface area contributed by atoms with Gasteiger partial charge in [0.15, 0.2) is 0 Å². The van der Waals surface area contributed by atoms with E-state index in [0.717, 1.165) is 31.6 Å². The Morgan fingerprint density at radius 1 is 1.40 bits per heavy atom. The van der Waals surface area contributed by atoms with Crippen LogP contribution in [0.5, 0.6) is 0 Å². The highest BCUT2D eigenvalue weighted by Crippen LogP contribution is 2.08. The van der Waals surface area contributed by atoms with Gasteiger partial charge in [-0.1, -0.05) is 6.07 Å². The zero-order valence-corrected chi connectivity index (χ0v) is 8.69. The zero-order valence-electron chi connectivity index (χ0n) is 8.69. The summed E-state index contributed by atoms with van der Waals surface area (Å²) >= 11 is 0. The van der Waals surface area contributed by atoms with E-state index in [1.54, 1.807) is 0 Å². The Balaban J connectivity index is 2.02. The summed E-state index contributed by atoms with van der Waals surface area (Å²) in [5, 5.41) is 7.62. The average Bonchev–Trinajstić information content (AvgIpc) is 2.68. The second-order valence-corrected chi connectivity index (χ2v) is 3.52. The van der Waals surface area contributed by atoms with Gasteiger partial charge < -0.3 is 11.1 Å². The molecule has 0 radical (unpaired) electrons. The van der Waals surface area contributed by atoms with Gasteiger partial charge in [-0.25, -0.2) is 4.52 Å². The standard InChI is InChI=1S/C11H16N4/c12-5-3-6-13-8-10-9-14-15-7-2-1-4-11(10)15/h1-2,4,7,9,13H,3,5-6,8,12H2. The molecule has 15 heavy (non-hydrogen) atoms. The van der Waals surface area contributed by atoms with Gasteiger partial charge in [0.05, 0.1) is 11.7 Å². The molecule has 4 nitrogen and oxygen atoms in total. The Labute approximate surface area is 89.1 Å². The second-order valence-electron chi connectivity index (χ2n) is 3.52. The van der Waals surface area contributed by atoms with E-state index in [0.29, 0.717) is 0 Å². The van der Waals surface area contributed by atoms with Crippen LogP contribution >= 0.6 is 0 Å². The van der Waals surface area contributed by atoms with Crippen molar-refractivity contribution >= 4 is 5.52 Å². The number of nitrogens with zero attached hydrogens (tertiary/aromatic N) is 2. The van der Waals surface area contributed by atoms with E-state index in [9.17, 15) is 0 Å². The summed E-state index contributed by atoms with van der Waals surface area (Å²) < 4.78 is 1.89. The Morgan fingerprint density at radius 3 is 3.20 bits per heavy atom. The van der Waals surface area contributed by atoms with Crippen molar-refractivity contribution in [1.82, 2.24) is 14.9 Å². The molecule has 2 heterocycles. The highest BCUT2D eigenvalue weighted by atomic mass is 15.2. The molecule has 0 saturated heterocycles. The van der Waals surface area contributed by atoms with Gasteiger partial charge in [-0.15, -0.1) is 0 Å². The smallest absolute Gasteiger partial charge is 0.0706 e. The molecule has 2 aromatic rings. The van der Waals surface area contributed by atoms with Crippen LogP contribution in [0.15, 0.2) is 30.6 Å². The Kier molecular flexibility index (Phi) is 3.32. The van der Waals surface area contributed by atoms with Gasteiger partial charge in [0.1, 0.15) is 0 Å². The van der Waals surface area contributed by atoms with E-state index in [1.165, 1.54) is 5.56 Å². The number of pyridine rings is 1. The SMILES string of the molecule is NCCCNCc1cnn2ccccc12. The molecule has 0 spiro atoms. The normalized spacial score (nSPS) is 11.0. The fourth-order valence-corrected chi connectivity index (χ4v) is 1.57. The third-order valence-electron chi connectivity index (χ3n) is 2.38. The van der Waals surface area contributed by atoms with Crippen LogP contribution in [0.25, 0.3) is 5.52 Å². The van der Waals surface area contributed by atoms with Crippen LogP contribution in [0, 0.1) is 0 Å². The molecule has 4 heteroatoms. The molecule has 0 fully saturated rings. The molecule has 0 aliphatic heterocycles. The summed E-state index contributed by atoms with van der Waals surface area (Å²) in [4.78, 5) is 0. The molecule has 0 bridgehead atoms. The summed E-state index contributed by atoms with van der Waals surface area (Å²) in [5.74, 6) is 0. The molecule has 2 rings (SSSR count). The lowest BCUT2D eigenvalue weighted by Crippen LogP contribution is -2.17. The Morgan fingerprint density at radius 2 is 2.33 bits per heavy atom. The molecule has 2 aromatic heterocycles. The minimum atomic E-state index is 0.738. The minimum Gasteiger partial charge on any atom is -0.330 e. The highest BCUT2D eigenvalue weighted by Gasteiger charge is 2.01. The molecule has 80 valence electrons. The summed E-state index contributed by atoms with van der Waals surface area (Å²) in [6.45, 7) is 2.55. The lowest BCUT2D eigenvalue weighted by Gasteiger charge is -2.01. The lowest BCUT2D eigenvalue weighted by molar-refractivity contribution is 0.657. The monoisotopic (exact) mass is 204 g/mol. The molecule has 0 atom stereocenters. The average molecular weight is 204 g/mol. The first-order valence-electron chi connectivity index (χ1n) is 5.24. The van der Waals surface area contributed by atoms with Crippen molar-refractivity contribution in [2.75, 3.05) is 13.1 Å². The maximum atomic E-state index is 5.42. The van der Waals surface area contributed by atoms with Gasteiger partial charge >= 0.3 is 0 Å². The number of hydrogen-bond acceptors (Lipinski definition) is 3. The molecule has 0 unspecified atom stereocenters. The number of rotatable bonds is 5. The van der Waals surface area contributed by atoms with Crippen molar-refractivity contribution in [3.05, 3.63) is 36.2 Å². The maximum absolute atomic E-state index is 5.42. The third kappa shape index (κ3) is 2.34. The number of aromatic nitrogens is 2. The summed E-state index contributed by atoms with van der Waals surface area (Å²) in [7, 11) is 0. The van der Waals surface area contributed by atoms with Crippen LogP contribution in [0.3, 0.4) is 0 Å². The number of hydrogen-bond donors (Lipinski definition) is 2. The van der Waals surface area contributed by atoms with Gasteiger partial charge in [-0.05, 0) is 31.6 Å². The van der Waals surface area contributed by atoms with Gasteiger partial charge in [0.25, 0.3) is 0 Å². The van der Waals surface area contributed by atoms with Crippen molar-refractivity contribution in [3.63, 3.8) is 0 Å². The van der Waals surface area contributed by atoms with Gasteiger partial charge in [-0.3, -0.25) is 0 Å². The Bertz CT molecular complexity index is 421. The van der Waals surface area contributed by atoms with Gasteiger partial charge in [-0.2, -0.15) is 5.10 Å². The van der Waals surface area contributed by atoms with E-state index in [-0.39, 0.29) is 0 Å². The predicted octanol–water partition coefficient (Wildman–Crippen LogP) is 0.773. The molecular weight excluding hydrogens is 188 g/mol. The molecule has 3 N–H and O–H groups in total. The van der Waals surface area contributed by atoms with Gasteiger partial charge in [0.2, 0.25) is 0 Å². The maximum Gasteiger partial charge on any atom is 0.0706 e. The topological polar surface area (TPSA) is 55.3 Å². The summed E-state index contributed by atoms with van der Waals surface area (Å²) in [5.41, 5.74) is 7.82. The molecule has 0 aromatic carbocycles. The van der Waals surface area contributed by atoms with Crippen LogP contribution in [0.2, 0.25) is 0 Å². The summed E-state index contributed by atoms with van der Waals surface area (Å²) in [6.07, 6.45) is 4.88. The van der Waals surface area contributed by atoms with Crippen molar-refractivity contribution in [2.24, 2.45) is 5.73 Å². The van der Waals surface area contributed by atoms with E-state index < -0.39 is 0 Å². The number of nitrogens with one attached hydrogen (secondary N) is 1. The van der Waals surface area contributed by atoms with Gasteiger partial charge in [0, 0.05) is 18.3 Å². The van der Waals surface area contributed by atoms with Crippen LogP contribution in [-0.2, 0) is 6.54 Å². The first kappa shape index (κ1) is 10.1. The highest BCUT2D eigenvalue weighted by molar-refractivity contribution is 5.53. The minimum absolute atomic E-state index is 0.738. The third-order valence-corrected chi connectivity index (χ3v) is 2.38. The number of nitrogens with two attached hydrogens (primary N) is 1. The predicted molar refractivity (Wildman–Crippen MR) is 60.6 cm³/mol. The van der Waals surface area contributed by atoms with E-state index in [2.05, 4.69) is 16.5 Å². The lowest BCUT2D eigenvalue weighted by atomic mass is 10.2. The largest absolute Gasteiger partial charge is 0.330 e. The van der Waals surface area contributed by atoms with Crippen LogP contribution in [-0.4, -0.2) is 22.7 Å². The van der Waals surface area contributed by atoms with Crippen molar-refractivity contribution in [3.8, 4) is 0 Å². The van der Waals surface area contributed by atoms with Crippen molar-refractivity contribution in [2.45, 2.75) is 13.0 Å². The van der Waals surface area contributed by atoms with Crippen LogP contribution < -0.4 is 11.1 Å². The first-order valence-corrected chi connectivity index (χ1v) is 5.24. The second kappa shape index (κ2) is 4.91. The fraction of sp³-hybridized carbons (Fsp3) is 0.364. The summed E-state index contributed by atoms with van der Waals surface area (Å²) in [6, 6.07) is 6.08. The zero-order chi connectivity index (χ0) is 10.5. The fourth-order valence-electron chi connectivity index (χ4n) is 1.57. The van der Waals surface area contributed by atoms with Crippen molar-refractivity contribution < 1.29 is 0 Å². The molecule has 0 aliphatic rings. The van der Waals surface area contributed by atoms with E-state index >= 15 is 0 Å². The molecule has 0 amide bonds. The molecule has 0 aliphatic carbocycles. The van der Waals surface area contributed by atoms with Crippen molar-refractivity contribution in [1.29, 1.82) is 0 Å². The number of fused-ring (bicyclic) bond motifs is 1. The van der Waals surface area contributed by atoms with Crippen LogP contribution in [0.4, 0.5) is 0 Å².